The number of nitriles is 1. The normalized spacial score (nSPS) is 14.5. The number of nitrogens with zero attached hydrogens (tertiary/aromatic N) is 3. The summed E-state index contributed by atoms with van der Waals surface area (Å²) in [5.41, 5.74) is 2.07. The van der Waals surface area contributed by atoms with Crippen molar-refractivity contribution in [1.29, 1.82) is 5.26 Å². The zero-order chi connectivity index (χ0) is 18.5. The van der Waals surface area contributed by atoms with Crippen molar-refractivity contribution in [1.82, 2.24) is 9.80 Å². The molecule has 2 amide bonds. The Morgan fingerprint density at radius 3 is 2.31 bits per heavy atom. The molecule has 1 aliphatic rings. The summed E-state index contributed by atoms with van der Waals surface area (Å²) in [6, 6.07) is 15.4. The van der Waals surface area contributed by atoms with E-state index in [-0.39, 0.29) is 11.8 Å². The first-order valence-electron chi connectivity index (χ1n) is 8.46. The minimum atomic E-state index is -0.289. The highest BCUT2D eigenvalue weighted by atomic mass is 16.2. The Kier molecular flexibility index (Phi) is 5.30. The lowest BCUT2D eigenvalue weighted by Gasteiger charge is -2.32. The molecule has 0 aliphatic carbocycles. The van der Waals surface area contributed by atoms with Gasteiger partial charge in [-0.05, 0) is 49.5 Å². The van der Waals surface area contributed by atoms with E-state index in [0.29, 0.717) is 35.5 Å². The van der Waals surface area contributed by atoms with Crippen LogP contribution < -0.4 is 5.32 Å². The molecule has 6 nitrogen and oxygen atoms in total. The first-order chi connectivity index (χ1) is 12.6. The van der Waals surface area contributed by atoms with Crippen molar-refractivity contribution in [3.63, 3.8) is 0 Å². The van der Waals surface area contributed by atoms with Gasteiger partial charge < -0.3 is 15.1 Å². The number of hydrogen-bond donors (Lipinski definition) is 1. The van der Waals surface area contributed by atoms with Gasteiger partial charge in [-0.3, -0.25) is 9.59 Å². The van der Waals surface area contributed by atoms with Gasteiger partial charge in [0, 0.05) is 43.0 Å². The summed E-state index contributed by atoms with van der Waals surface area (Å²) in [6.45, 7) is 3.09. The maximum Gasteiger partial charge on any atom is 0.255 e. The topological polar surface area (TPSA) is 76.4 Å². The van der Waals surface area contributed by atoms with Crippen molar-refractivity contribution in [3.05, 3.63) is 65.2 Å². The molecule has 1 heterocycles. The maximum atomic E-state index is 12.7. The van der Waals surface area contributed by atoms with Crippen LogP contribution in [0.25, 0.3) is 0 Å². The van der Waals surface area contributed by atoms with Crippen molar-refractivity contribution >= 4 is 17.5 Å². The highest BCUT2D eigenvalue weighted by Crippen LogP contribution is 2.14. The van der Waals surface area contributed by atoms with Crippen LogP contribution in [0.1, 0.15) is 26.3 Å². The third-order valence-electron chi connectivity index (χ3n) is 4.43. The Labute approximate surface area is 152 Å². The number of anilines is 1. The standard InChI is InChI=1S/C20H20N4O2/c1-23-9-11-24(12-10-23)20(26)17-4-2-3-16(13-17)19(25)22-18-7-5-15(14-21)6-8-18/h2-8,13H,9-12H2,1H3,(H,22,25). The smallest absolute Gasteiger partial charge is 0.255 e. The number of benzene rings is 2. The number of rotatable bonds is 3. The van der Waals surface area contributed by atoms with Crippen molar-refractivity contribution in [2.24, 2.45) is 0 Å². The Morgan fingerprint density at radius 1 is 1.00 bits per heavy atom. The second-order valence-corrected chi connectivity index (χ2v) is 6.32. The molecule has 1 N–H and O–H groups in total. The molecule has 0 bridgehead atoms. The van der Waals surface area contributed by atoms with Gasteiger partial charge in [-0.25, -0.2) is 0 Å². The van der Waals surface area contributed by atoms with Crippen LogP contribution in [-0.2, 0) is 0 Å². The first kappa shape index (κ1) is 17.6. The number of likely N-dealkylation sites (N-methyl/N-ethyl adjacent to an activating group) is 1. The van der Waals surface area contributed by atoms with Crippen LogP contribution in [-0.4, -0.2) is 54.8 Å². The summed E-state index contributed by atoms with van der Waals surface area (Å²) >= 11 is 0. The minimum absolute atomic E-state index is 0.0499. The van der Waals surface area contributed by atoms with Gasteiger partial charge in [0.1, 0.15) is 0 Å². The predicted molar refractivity (Wildman–Crippen MR) is 99.0 cm³/mol. The zero-order valence-electron chi connectivity index (χ0n) is 14.6. The fourth-order valence-electron chi connectivity index (χ4n) is 2.82. The van der Waals surface area contributed by atoms with Crippen molar-refractivity contribution < 1.29 is 9.59 Å². The molecule has 2 aromatic carbocycles. The first-order valence-corrected chi connectivity index (χ1v) is 8.46. The predicted octanol–water partition coefficient (Wildman–Crippen LogP) is 2.20. The molecule has 1 fully saturated rings. The van der Waals surface area contributed by atoms with Gasteiger partial charge >= 0.3 is 0 Å². The molecule has 2 aromatic rings. The van der Waals surface area contributed by atoms with Crippen LogP contribution in [0.4, 0.5) is 5.69 Å². The fourth-order valence-corrected chi connectivity index (χ4v) is 2.82. The Hall–Kier alpha value is -3.17. The number of nitrogens with one attached hydrogen (secondary N) is 1. The second kappa shape index (κ2) is 7.81. The third kappa shape index (κ3) is 4.08. The minimum Gasteiger partial charge on any atom is -0.336 e. The summed E-state index contributed by atoms with van der Waals surface area (Å²) in [7, 11) is 2.04. The fraction of sp³-hybridized carbons (Fsp3) is 0.250. The molecule has 0 aromatic heterocycles. The lowest BCUT2D eigenvalue weighted by molar-refractivity contribution is 0.0664. The van der Waals surface area contributed by atoms with E-state index in [1.165, 1.54) is 0 Å². The van der Waals surface area contributed by atoms with Crippen LogP contribution in [0, 0.1) is 11.3 Å². The van der Waals surface area contributed by atoms with Gasteiger partial charge in [-0.15, -0.1) is 0 Å². The van der Waals surface area contributed by atoms with Crippen LogP contribution in [0.3, 0.4) is 0 Å². The molecule has 3 rings (SSSR count). The second-order valence-electron chi connectivity index (χ2n) is 6.32. The number of amides is 2. The van der Waals surface area contributed by atoms with E-state index in [1.807, 2.05) is 18.0 Å². The zero-order valence-corrected chi connectivity index (χ0v) is 14.6. The summed E-state index contributed by atoms with van der Waals surface area (Å²) in [6.07, 6.45) is 0. The molecular weight excluding hydrogens is 328 g/mol. The van der Waals surface area contributed by atoms with E-state index in [0.717, 1.165) is 13.1 Å². The van der Waals surface area contributed by atoms with E-state index >= 15 is 0 Å². The van der Waals surface area contributed by atoms with Crippen molar-refractivity contribution in [2.75, 3.05) is 38.5 Å². The molecule has 1 aliphatic heterocycles. The molecule has 26 heavy (non-hydrogen) atoms. The quantitative estimate of drug-likeness (QED) is 0.922. The molecule has 0 saturated carbocycles. The summed E-state index contributed by atoms with van der Waals surface area (Å²) in [5.74, 6) is -0.339. The molecule has 1 saturated heterocycles. The van der Waals surface area contributed by atoms with Gasteiger partial charge in [0.25, 0.3) is 11.8 Å². The maximum absolute atomic E-state index is 12.7. The molecule has 132 valence electrons. The Bertz CT molecular complexity index is 847. The van der Waals surface area contributed by atoms with Gasteiger partial charge in [-0.2, -0.15) is 5.26 Å². The Balaban J connectivity index is 1.70. The average Bonchev–Trinajstić information content (AvgIpc) is 2.68. The highest BCUT2D eigenvalue weighted by Gasteiger charge is 2.21. The van der Waals surface area contributed by atoms with Gasteiger partial charge in [0.2, 0.25) is 0 Å². The molecule has 6 heteroatoms. The summed E-state index contributed by atoms with van der Waals surface area (Å²) in [4.78, 5) is 29.1. The molecule has 0 unspecified atom stereocenters. The van der Waals surface area contributed by atoms with Gasteiger partial charge in [0.05, 0.1) is 11.6 Å². The average molecular weight is 348 g/mol. The van der Waals surface area contributed by atoms with Crippen LogP contribution in [0.15, 0.2) is 48.5 Å². The summed E-state index contributed by atoms with van der Waals surface area (Å²) in [5, 5.41) is 11.6. The Morgan fingerprint density at radius 2 is 1.65 bits per heavy atom. The van der Waals surface area contributed by atoms with Crippen LogP contribution >= 0.6 is 0 Å². The molecule has 0 spiro atoms. The molecule has 0 atom stereocenters. The summed E-state index contributed by atoms with van der Waals surface area (Å²) < 4.78 is 0. The monoisotopic (exact) mass is 348 g/mol. The number of hydrogen-bond acceptors (Lipinski definition) is 4. The van der Waals surface area contributed by atoms with Gasteiger partial charge in [0.15, 0.2) is 0 Å². The lowest BCUT2D eigenvalue weighted by atomic mass is 10.1. The van der Waals surface area contributed by atoms with Crippen LogP contribution in [0.2, 0.25) is 0 Å². The van der Waals surface area contributed by atoms with E-state index in [9.17, 15) is 9.59 Å². The van der Waals surface area contributed by atoms with Crippen molar-refractivity contribution in [2.45, 2.75) is 0 Å². The van der Waals surface area contributed by atoms with E-state index in [2.05, 4.69) is 10.2 Å². The largest absolute Gasteiger partial charge is 0.336 e. The lowest BCUT2D eigenvalue weighted by Crippen LogP contribution is -2.47. The number of carbonyl (C=O) groups excluding carboxylic acids is 2. The van der Waals surface area contributed by atoms with E-state index in [4.69, 9.17) is 5.26 Å². The van der Waals surface area contributed by atoms with E-state index in [1.54, 1.807) is 48.5 Å². The number of piperazine rings is 1. The van der Waals surface area contributed by atoms with Gasteiger partial charge in [-0.1, -0.05) is 6.07 Å². The molecule has 0 radical (unpaired) electrons. The SMILES string of the molecule is CN1CCN(C(=O)c2cccc(C(=O)Nc3ccc(C#N)cc3)c2)CC1. The number of carbonyl (C=O) groups is 2. The van der Waals surface area contributed by atoms with E-state index < -0.39 is 0 Å². The molecular formula is C20H20N4O2. The third-order valence-corrected chi connectivity index (χ3v) is 4.43. The van der Waals surface area contributed by atoms with Crippen LogP contribution in [0.5, 0.6) is 0 Å². The highest BCUT2D eigenvalue weighted by molar-refractivity contribution is 6.06. The van der Waals surface area contributed by atoms with Crippen molar-refractivity contribution in [3.8, 4) is 6.07 Å².